The molecule has 0 heterocycles. The lowest BCUT2D eigenvalue weighted by Gasteiger charge is -2.26. The molecule has 1 rings (SSSR count). The van der Waals surface area contributed by atoms with E-state index in [9.17, 15) is 5.11 Å². The maximum absolute atomic E-state index is 9.32. The van der Waals surface area contributed by atoms with Gasteiger partial charge in [-0.05, 0) is 42.5 Å². The Labute approximate surface area is 85.8 Å². The van der Waals surface area contributed by atoms with Crippen LogP contribution in [0.15, 0.2) is 24.3 Å². The first-order valence-electron chi connectivity index (χ1n) is 5.07. The predicted molar refractivity (Wildman–Crippen MR) is 59.3 cm³/mol. The van der Waals surface area contributed by atoms with E-state index in [1.54, 1.807) is 6.07 Å². The molecule has 0 radical (unpaired) electrons. The maximum Gasteiger partial charge on any atom is 0.115 e. The van der Waals surface area contributed by atoms with Gasteiger partial charge in [-0.2, -0.15) is 0 Å². The fraction of sp³-hybridized carbons (Fsp3) is 0.500. The van der Waals surface area contributed by atoms with Gasteiger partial charge in [0.1, 0.15) is 5.75 Å². The predicted octanol–water partition coefficient (Wildman–Crippen LogP) is 2.31. The SMILES string of the molecule is CCC(C)(CN)Cc1cccc(O)c1. The van der Waals surface area contributed by atoms with Crippen LogP contribution in [0.25, 0.3) is 0 Å². The van der Waals surface area contributed by atoms with Gasteiger partial charge >= 0.3 is 0 Å². The molecular weight excluding hydrogens is 174 g/mol. The van der Waals surface area contributed by atoms with Gasteiger partial charge in [-0.25, -0.2) is 0 Å². The molecule has 0 saturated carbocycles. The third-order valence-electron chi connectivity index (χ3n) is 2.89. The molecule has 0 fully saturated rings. The summed E-state index contributed by atoms with van der Waals surface area (Å²) in [5.41, 5.74) is 7.04. The zero-order chi connectivity index (χ0) is 10.6. The first-order chi connectivity index (χ1) is 6.59. The van der Waals surface area contributed by atoms with Crippen molar-refractivity contribution in [3.63, 3.8) is 0 Å². The number of aromatic hydroxyl groups is 1. The van der Waals surface area contributed by atoms with E-state index in [-0.39, 0.29) is 5.41 Å². The highest BCUT2D eigenvalue weighted by molar-refractivity contribution is 5.27. The quantitative estimate of drug-likeness (QED) is 0.770. The third kappa shape index (κ3) is 2.74. The number of hydrogen-bond donors (Lipinski definition) is 2. The van der Waals surface area contributed by atoms with Crippen LogP contribution in [-0.4, -0.2) is 11.7 Å². The lowest BCUT2D eigenvalue weighted by atomic mass is 9.81. The molecule has 1 aromatic carbocycles. The van der Waals surface area contributed by atoms with Crippen LogP contribution in [0.4, 0.5) is 0 Å². The Morgan fingerprint density at radius 3 is 2.64 bits per heavy atom. The van der Waals surface area contributed by atoms with Crippen molar-refractivity contribution in [2.24, 2.45) is 11.1 Å². The number of nitrogens with two attached hydrogens (primary N) is 1. The average molecular weight is 193 g/mol. The molecule has 1 atom stereocenters. The number of rotatable bonds is 4. The summed E-state index contributed by atoms with van der Waals surface area (Å²) in [6.07, 6.45) is 1.98. The molecule has 14 heavy (non-hydrogen) atoms. The minimum atomic E-state index is 0.147. The second-order valence-corrected chi connectivity index (χ2v) is 4.22. The first-order valence-corrected chi connectivity index (χ1v) is 5.07. The molecule has 0 amide bonds. The number of benzene rings is 1. The molecule has 1 aromatic rings. The van der Waals surface area contributed by atoms with Gasteiger partial charge in [0.05, 0.1) is 0 Å². The van der Waals surface area contributed by atoms with E-state index in [2.05, 4.69) is 13.8 Å². The smallest absolute Gasteiger partial charge is 0.115 e. The van der Waals surface area contributed by atoms with Crippen molar-refractivity contribution < 1.29 is 5.11 Å². The van der Waals surface area contributed by atoms with Crippen LogP contribution < -0.4 is 5.73 Å². The molecule has 0 aromatic heterocycles. The molecule has 0 spiro atoms. The zero-order valence-electron chi connectivity index (χ0n) is 8.96. The van der Waals surface area contributed by atoms with Crippen molar-refractivity contribution in [2.75, 3.05) is 6.54 Å². The molecule has 0 aliphatic rings. The molecule has 2 heteroatoms. The van der Waals surface area contributed by atoms with Crippen molar-refractivity contribution >= 4 is 0 Å². The van der Waals surface area contributed by atoms with Gasteiger partial charge in [-0.3, -0.25) is 0 Å². The highest BCUT2D eigenvalue weighted by Crippen LogP contribution is 2.26. The lowest BCUT2D eigenvalue weighted by molar-refractivity contribution is 0.320. The first kappa shape index (κ1) is 11.1. The van der Waals surface area contributed by atoms with Gasteiger partial charge in [0.15, 0.2) is 0 Å². The van der Waals surface area contributed by atoms with E-state index in [1.165, 1.54) is 0 Å². The highest BCUT2D eigenvalue weighted by atomic mass is 16.3. The fourth-order valence-electron chi connectivity index (χ4n) is 1.50. The molecule has 0 saturated heterocycles. The summed E-state index contributed by atoms with van der Waals surface area (Å²) in [5.74, 6) is 0.331. The van der Waals surface area contributed by atoms with E-state index < -0.39 is 0 Å². The number of hydrogen-bond acceptors (Lipinski definition) is 2. The molecule has 0 aliphatic carbocycles. The summed E-state index contributed by atoms with van der Waals surface area (Å²) in [6, 6.07) is 7.40. The Balaban J connectivity index is 2.77. The van der Waals surface area contributed by atoms with Crippen LogP contribution in [0.3, 0.4) is 0 Å². The van der Waals surface area contributed by atoms with E-state index >= 15 is 0 Å². The van der Waals surface area contributed by atoms with Crippen LogP contribution in [0.2, 0.25) is 0 Å². The van der Waals surface area contributed by atoms with E-state index in [1.807, 2.05) is 18.2 Å². The third-order valence-corrected chi connectivity index (χ3v) is 2.89. The Morgan fingerprint density at radius 1 is 1.43 bits per heavy atom. The normalized spacial score (nSPS) is 15.1. The Morgan fingerprint density at radius 2 is 2.14 bits per heavy atom. The standard InChI is InChI=1S/C12H19NO/c1-3-12(2,9-13)8-10-5-4-6-11(14)7-10/h4-7,14H,3,8-9,13H2,1-2H3. The van der Waals surface area contributed by atoms with Gasteiger partial charge in [0, 0.05) is 0 Å². The van der Waals surface area contributed by atoms with E-state index in [0.29, 0.717) is 12.3 Å². The van der Waals surface area contributed by atoms with Gasteiger partial charge in [-0.1, -0.05) is 26.0 Å². The Kier molecular flexibility index (Phi) is 3.53. The average Bonchev–Trinajstić information content (AvgIpc) is 2.18. The second-order valence-electron chi connectivity index (χ2n) is 4.22. The second kappa shape index (κ2) is 4.47. The number of phenolic OH excluding ortho intramolecular Hbond substituents is 1. The molecule has 1 unspecified atom stereocenters. The summed E-state index contributed by atoms with van der Waals surface area (Å²) in [4.78, 5) is 0. The summed E-state index contributed by atoms with van der Waals surface area (Å²) >= 11 is 0. The van der Waals surface area contributed by atoms with Crippen LogP contribution in [-0.2, 0) is 6.42 Å². The van der Waals surface area contributed by atoms with Gasteiger partial charge in [0.25, 0.3) is 0 Å². The Bertz CT molecular complexity index is 292. The maximum atomic E-state index is 9.32. The highest BCUT2D eigenvalue weighted by Gasteiger charge is 2.20. The fourth-order valence-corrected chi connectivity index (χ4v) is 1.50. The van der Waals surface area contributed by atoms with E-state index in [0.717, 1.165) is 18.4 Å². The van der Waals surface area contributed by atoms with Crippen molar-refractivity contribution in [3.05, 3.63) is 29.8 Å². The van der Waals surface area contributed by atoms with E-state index in [4.69, 9.17) is 5.73 Å². The minimum Gasteiger partial charge on any atom is -0.508 e. The monoisotopic (exact) mass is 193 g/mol. The molecule has 2 nitrogen and oxygen atoms in total. The van der Waals surface area contributed by atoms with Crippen LogP contribution in [0.1, 0.15) is 25.8 Å². The topological polar surface area (TPSA) is 46.2 Å². The van der Waals surface area contributed by atoms with Crippen LogP contribution >= 0.6 is 0 Å². The summed E-state index contributed by atoms with van der Waals surface area (Å²) in [7, 11) is 0. The summed E-state index contributed by atoms with van der Waals surface area (Å²) in [6.45, 7) is 5.01. The van der Waals surface area contributed by atoms with Crippen molar-refractivity contribution in [1.82, 2.24) is 0 Å². The molecule has 78 valence electrons. The lowest BCUT2D eigenvalue weighted by Crippen LogP contribution is -2.28. The van der Waals surface area contributed by atoms with Crippen molar-refractivity contribution in [1.29, 1.82) is 0 Å². The zero-order valence-corrected chi connectivity index (χ0v) is 8.96. The van der Waals surface area contributed by atoms with Crippen molar-refractivity contribution in [3.8, 4) is 5.75 Å². The van der Waals surface area contributed by atoms with Gasteiger partial charge < -0.3 is 10.8 Å². The summed E-state index contributed by atoms with van der Waals surface area (Å²) in [5, 5.41) is 9.32. The molecule has 0 bridgehead atoms. The Hall–Kier alpha value is -1.02. The summed E-state index contributed by atoms with van der Waals surface area (Å²) < 4.78 is 0. The largest absolute Gasteiger partial charge is 0.508 e. The number of phenols is 1. The van der Waals surface area contributed by atoms with Gasteiger partial charge in [0.2, 0.25) is 0 Å². The van der Waals surface area contributed by atoms with Crippen LogP contribution in [0.5, 0.6) is 5.75 Å². The van der Waals surface area contributed by atoms with Gasteiger partial charge in [-0.15, -0.1) is 0 Å². The molecule has 3 N–H and O–H groups in total. The van der Waals surface area contributed by atoms with Crippen LogP contribution in [0, 0.1) is 5.41 Å². The molecule has 0 aliphatic heterocycles. The minimum absolute atomic E-state index is 0.147. The van der Waals surface area contributed by atoms with Crippen molar-refractivity contribution in [2.45, 2.75) is 26.7 Å². The molecular formula is C12H19NO.